The van der Waals surface area contributed by atoms with Crippen LogP contribution in [0.5, 0.6) is 0 Å². The summed E-state index contributed by atoms with van der Waals surface area (Å²) in [5, 5.41) is 6.32. The molecule has 0 radical (unpaired) electrons. The van der Waals surface area contributed by atoms with E-state index in [1.807, 2.05) is 0 Å². The summed E-state index contributed by atoms with van der Waals surface area (Å²) in [6.45, 7) is 5.48. The van der Waals surface area contributed by atoms with E-state index in [0.29, 0.717) is 0 Å². The van der Waals surface area contributed by atoms with Gasteiger partial charge in [0.25, 0.3) is 0 Å². The monoisotopic (exact) mass is 257 g/mol. The predicted octanol–water partition coefficient (Wildman–Crippen LogP) is 0.640. The molecule has 0 aliphatic carbocycles. The van der Waals surface area contributed by atoms with Crippen molar-refractivity contribution in [2.75, 3.05) is 31.3 Å². The molecule has 2 rings (SSSR count). The Morgan fingerprint density at radius 1 is 1.47 bits per heavy atom. The van der Waals surface area contributed by atoms with Crippen LogP contribution >= 0.6 is 11.8 Å². The fourth-order valence-electron chi connectivity index (χ4n) is 2.48. The first-order chi connectivity index (χ1) is 8.25. The Labute approximate surface area is 108 Å². The van der Waals surface area contributed by atoms with E-state index >= 15 is 0 Å². The minimum Gasteiger partial charge on any atom is -0.351 e. The number of thioether (sulfide) groups is 1. The lowest BCUT2D eigenvalue weighted by molar-refractivity contribution is -0.123. The van der Waals surface area contributed by atoms with E-state index in [0.717, 1.165) is 18.2 Å². The van der Waals surface area contributed by atoms with Crippen molar-refractivity contribution in [2.24, 2.45) is 0 Å². The van der Waals surface area contributed by atoms with Crippen LogP contribution in [-0.2, 0) is 4.79 Å². The highest BCUT2D eigenvalue weighted by atomic mass is 32.2. The molecule has 98 valence electrons. The average molecular weight is 257 g/mol. The van der Waals surface area contributed by atoms with Crippen LogP contribution in [0.2, 0.25) is 0 Å². The Hall–Kier alpha value is -0.260. The van der Waals surface area contributed by atoms with Crippen LogP contribution in [0, 0.1) is 0 Å². The summed E-state index contributed by atoms with van der Waals surface area (Å²) >= 11 is 1.79. The zero-order valence-corrected chi connectivity index (χ0v) is 11.4. The molecule has 2 N–H and O–H groups in total. The second kappa shape index (κ2) is 6.61. The van der Waals surface area contributed by atoms with Crippen LogP contribution in [0.25, 0.3) is 0 Å². The normalized spacial score (nSPS) is 27.9. The predicted molar refractivity (Wildman–Crippen MR) is 72.1 cm³/mol. The largest absolute Gasteiger partial charge is 0.351 e. The van der Waals surface area contributed by atoms with Crippen LogP contribution in [0.1, 0.15) is 26.2 Å². The first kappa shape index (κ1) is 13.2. The molecule has 2 fully saturated rings. The molecule has 2 atom stereocenters. The lowest BCUT2D eigenvalue weighted by Crippen LogP contribution is -2.49. The average Bonchev–Trinajstić information content (AvgIpc) is 2.83. The molecule has 0 aromatic rings. The topological polar surface area (TPSA) is 44.4 Å². The van der Waals surface area contributed by atoms with E-state index < -0.39 is 0 Å². The van der Waals surface area contributed by atoms with E-state index in [1.165, 1.54) is 32.4 Å². The number of hydrogen-bond donors (Lipinski definition) is 2. The molecule has 0 aromatic heterocycles. The number of nitrogens with one attached hydrogen (secondary N) is 2. The third-order valence-corrected chi connectivity index (χ3v) is 4.34. The van der Waals surface area contributed by atoms with Crippen LogP contribution in [0.3, 0.4) is 0 Å². The molecule has 5 heteroatoms. The number of carbonyl (C=O) groups excluding carboxylic acids is 1. The number of likely N-dealkylation sites (tertiary alicyclic amines) is 1. The highest BCUT2D eigenvalue weighted by Gasteiger charge is 2.24. The number of piperidine rings is 1. The standard InChI is InChI=1S/C12H23N3OS/c1-10(7-15-5-3-2-4-6-15)14-12(16)11-8-17-9-13-11/h10-11,13H,2-9H2,1H3,(H,14,16). The van der Waals surface area contributed by atoms with Gasteiger partial charge in [0.05, 0.1) is 6.04 Å². The molecule has 2 unspecified atom stereocenters. The molecule has 0 spiro atoms. The number of rotatable bonds is 4. The smallest absolute Gasteiger partial charge is 0.238 e. The second-order valence-electron chi connectivity index (χ2n) is 5.04. The lowest BCUT2D eigenvalue weighted by atomic mass is 10.1. The molecule has 0 bridgehead atoms. The van der Waals surface area contributed by atoms with Gasteiger partial charge in [0.1, 0.15) is 0 Å². The molecule has 0 aromatic carbocycles. The highest BCUT2D eigenvalue weighted by Crippen LogP contribution is 2.11. The van der Waals surface area contributed by atoms with Gasteiger partial charge in [0.2, 0.25) is 5.91 Å². The van der Waals surface area contributed by atoms with Crippen molar-refractivity contribution in [2.45, 2.75) is 38.3 Å². The molecule has 4 nitrogen and oxygen atoms in total. The van der Waals surface area contributed by atoms with Crippen molar-refractivity contribution in [3.05, 3.63) is 0 Å². The summed E-state index contributed by atoms with van der Waals surface area (Å²) in [5.74, 6) is 1.97. The molecular formula is C12H23N3OS. The van der Waals surface area contributed by atoms with Crippen molar-refractivity contribution in [1.82, 2.24) is 15.5 Å². The van der Waals surface area contributed by atoms with Gasteiger partial charge in [-0.1, -0.05) is 6.42 Å². The fraction of sp³-hybridized carbons (Fsp3) is 0.917. The number of amides is 1. The molecular weight excluding hydrogens is 234 g/mol. The van der Waals surface area contributed by atoms with Crippen molar-refractivity contribution in [3.63, 3.8) is 0 Å². The van der Waals surface area contributed by atoms with E-state index in [2.05, 4.69) is 22.5 Å². The number of hydrogen-bond acceptors (Lipinski definition) is 4. The van der Waals surface area contributed by atoms with Crippen LogP contribution < -0.4 is 10.6 Å². The zero-order valence-electron chi connectivity index (χ0n) is 10.6. The maximum atomic E-state index is 11.9. The highest BCUT2D eigenvalue weighted by molar-refractivity contribution is 7.99. The molecule has 2 aliphatic heterocycles. The van der Waals surface area contributed by atoms with Gasteiger partial charge in [-0.3, -0.25) is 10.1 Å². The van der Waals surface area contributed by atoms with Crippen LogP contribution in [0.4, 0.5) is 0 Å². The van der Waals surface area contributed by atoms with Crippen LogP contribution in [0.15, 0.2) is 0 Å². The lowest BCUT2D eigenvalue weighted by Gasteiger charge is -2.29. The molecule has 1 amide bonds. The molecule has 2 heterocycles. The second-order valence-corrected chi connectivity index (χ2v) is 6.07. The van der Waals surface area contributed by atoms with E-state index in [-0.39, 0.29) is 18.0 Å². The first-order valence-corrected chi connectivity index (χ1v) is 7.75. The summed E-state index contributed by atoms with van der Waals surface area (Å²) in [6, 6.07) is 0.275. The Morgan fingerprint density at radius 2 is 2.24 bits per heavy atom. The van der Waals surface area contributed by atoms with Gasteiger partial charge in [-0.25, -0.2) is 0 Å². The summed E-state index contributed by atoms with van der Waals surface area (Å²) in [5.41, 5.74) is 0. The summed E-state index contributed by atoms with van der Waals surface area (Å²) in [7, 11) is 0. The third-order valence-electron chi connectivity index (χ3n) is 3.40. The van der Waals surface area contributed by atoms with Gasteiger partial charge in [-0.15, -0.1) is 11.8 Å². The Kier molecular flexibility index (Phi) is 5.13. The molecule has 2 saturated heterocycles. The molecule has 0 saturated carbocycles. The Bertz CT molecular complexity index is 250. The van der Waals surface area contributed by atoms with Crippen molar-refractivity contribution in [3.8, 4) is 0 Å². The molecule has 17 heavy (non-hydrogen) atoms. The summed E-state index contributed by atoms with van der Waals surface area (Å²) in [4.78, 5) is 14.4. The Balaban J connectivity index is 1.68. The van der Waals surface area contributed by atoms with Crippen molar-refractivity contribution in [1.29, 1.82) is 0 Å². The number of nitrogens with zero attached hydrogens (tertiary/aromatic N) is 1. The van der Waals surface area contributed by atoms with Crippen molar-refractivity contribution < 1.29 is 4.79 Å². The molecule has 2 aliphatic rings. The summed E-state index contributed by atoms with van der Waals surface area (Å²) in [6.07, 6.45) is 3.98. The van der Waals surface area contributed by atoms with Gasteiger partial charge < -0.3 is 10.2 Å². The maximum Gasteiger partial charge on any atom is 0.238 e. The SMILES string of the molecule is CC(CN1CCCCC1)NC(=O)C1CSCN1. The minimum atomic E-state index is 0.0174. The van der Waals surface area contributed by atoms with E-state index in [1.54, 1.807) is 11.8 Å². The van der Waals surface area contributed by atoms with Gasteiger partial charge in [0.15, 0.2) is 0 Å². The fourth-order valence-corrected chi connectivity index (χ4v) is 3.42. The third kappa shape index (κ3) is 4.16. The summed E-state index contributed by atoms with van der Waals surface area (Å²) < 4.78 is 0. The van der Waals surface area contributed by atoms with Gasteiger partial charge in [-0.05, 0) is 32.9 Å². The maximum absolute atomic E-state index is 11.9. The van der Waals surface area contributed by atoms with Gasteiger partial charge in [-0.2, -0.15) is 0 Å². The minimum absolute atomic E-state index is 0.0174. The number of carbonyl (C=O) groups is 1. The first-order valence-electron chi connectivity index (χ1n) is 6.59. The quantitative estimate of drug-likeness (QED) is 0.776. The Morgan fingerprint density at radius 3 is 2.88 bits per heavy atom. The van der Waals surface area contributed by atoms with Gasteiger partial charge >= 0.3 is 0 Å². The van der Waals surface area contributed by atoms with Crippen LogP contribution in [-0.4, -0.2) is 54.2 Å². The zero-order chi connectivity index (χ0) is 12.1. The van der Waals surface area contributed by atoms with Crippen molar-refractivity contribution >= 4 is 17.7 Å². The van der Waals surface area contributed by atoms with Gasteiger partial charge in [0, 0.05) is 24.2 Å². The van der Waals surface area contributed by atoms with E-state index in [9.17, 15) is 4.79 Å². The van der Waals surface area contributed by atoms with E-state index in [4.69, 9.17) is 0 Å².